The highest BCUT2D eigenvalue weighted by molar-refractivity contribution is 5.36. The summed E-state index contributed by atoms with van der Waals surface area (Å²) >= 11 is 0. The number of alkyl halides is 2. The summed E-state index contributed by atoms with van der Waals surface area (Å²) in [5, 5.41) is 17.7. The van der Waals surface area contributed by atoms with E-state index in [4.69, 9.17) is 10.2 Å². The topological polar surface area (TPSA) is 40.5 Å². The van der Waals surface area contributed by atoms with Crippen molar-refractivity contribution in [3.63, 3.8) is 0 Å². The molecule has 6 heteroatoms. The molecule has 0 saturated heterocycles. The highest BCUT2D eigenvalue weighted by atomic mass is 19.3. The molecular formula is C8H6F4O2. The van der Waals surface area contributed by atoms with Gasteiger partial charge in [0.2, 0.25) is 0 Å². The molecule has 0 bridgehead atoms. The molecule has 2 nitrogen and oxygen atoms in total. The minimum Gasteiger partial charge on any atom is -0.505 e. The van der Waals surface area contributed by atoms with Crippen molar-refractivity contribution in [2.45, 2.75) is 12.5 Å². The first-order valence-electron chi connectivity index (χ1n) is 3.57. The van der Waals surface area contributed by atoms with Crippen molar-refractivity contribution in [3.8, 4) is 5.75 Å². The zero-order valence-electron chi connectivity index (χ0n) is 6.72. The van der Waals surface area contributed by atoms with E-state index in [9.17, 15) is 17.6 Å². The Morgan fingerprint density at radius 1 is 1.14 bits per heavy atom. The fraction of sp³-hybridized carbons (Fsp3) is 0.250. The number of hydrogen-bond donors (Lipinski definition) is 2. The van der Waals surface area contributed by atoms with E-state index in [2.05, 4.69) is 0 Å². The van der Waals surface area contributed by atoms with Gasteiger partial charge >= 0.3 is 0 Å². The van der Waals surface area contributed by atoms with E-state index in [1.165, 1.54) is 0 Å². The van der Waals surface area contributed by atoms with Gasteiger partial charge in [0.15, 0.2) is 11.6 Å². The van der Waals surface area contributed by atoms with Gasteiger partial charge in [0, 0.05) is 11.6 Å². The van der Waals surface area contributed by atoms with Gasteiger partial charge in [-0.3, -0.25) is 0 Å². The Hall–Kier alpha value is -1.30. The first-order chi connectivity index (χ1) is 6.43. The molecule has 0 radical (unpaired) electrons. The maximum atomic E-state index is 12.6. The van der Waals surface area contributed by atoms with Gasteiger partial charge in [-0.25, -0.2) is 17.6 Å². The molecule has 0 spiro atoms. The number of aromatic hydroxyl groups is 1. The predicted octanol–water partition coefficient (Wildman–Crippen LogP) is 1.97. The number of aliphatic hydroxyl groups excluding tert-OH is 1. The molecule has 1 aromatic rings. The van der Waals surface area contributed by atoms with E-state index < -0.39 is 35.5 Å². The van der Waals surface area contributed by atoms with E-state index in [1.807, 2.05) is 0 Å². The second-order valence-corrected chi connectivity index (χ2v) is 2.60. The molecule has 1 aromatic carbocycles. The number of phenolic OH excluding ortho intramolecular Hbond substituents is 1. The average Bonchev–Trinajstić information content (AvgIpc) is 2.09. The van der Waals surface area contributed by atoms with Crippen LogP contribution >= 0.6 is 0 Å². The highest BCUT2D eigenvalue weighted by Crippen LogP contribution is 2.31. The Bertz CT molecular complexity index is 340. The Morgan fingerprint density at radius 3 is 2.21 bits per heavy atom. The molecule has 0 amide bonds. The third kappa shape index (κ3) is 1.95. The summed E-state index contributed by atoms with van der Waals surface area (Å²) in [5.74, 6) is -3.70. The van der Waals surface area contributed by atoms with Crippen LogP contribution in [0.5, 0.6) is 5.75 Å². The number of halogens is 4. The van der Waals surface area contributed by atoms with Crippen LogP contribution in [0, 0.1) is 11.6 Å². The second kappa shape index (κ2) is 3.83. The van der Waals surface area contributed by atoms with Crippen LogP contribution in [0.15, 0.2) is 12.1 Å². The lowest BCUT2D eigenvalue weighted by Gasteiger charge is -2.11. The van der Waals surface area contributed by atoms with E-state index in [0.717, 1.165) is 0 Å². The normalized spacial score (nSPS) is 13.3. The van der Waals surface area contributed by atoms with E-state index in [0.29, 0.717) is 12.1 Å². The Morgan fingerprint density at radius 2 is 1.71 bits per heavy atom. The van der Waals surface area contributed by atoms with Crippen LogP contribution in [0.25, 0.3) is 0 Å². The van der Waals surface area contributed by atoms with Crippen molar-refractivity contribution in [2.24, 2.45) is 0 Å². The molecule has 0 fully saturated rings. The fourth-order valence-electron chi connectivity index (χ4n) is 0.947. The minimum absolute atomic E-state index is 0.330. The standard InChI is InChI=1S/C8H6F4O2/c9-3-1-4(7(14)8(11)12)6(13)5(10)2-3/h1-2,7-8,13-14H. The summed E-state index contributed by atoms with van der Waals surface area (Å²) in [5.41, 5.74) is -0.863. The monoisotopic (exact) mass is 210 g/mol. The zero-order valence-corrected chi connectivity index (χ0v) is 6.72. The first kappa shape index (κ1) is 10.8. The van der Waals surface area contributed by atoms with Gasteiger partial charge in [0.25, 0.3) is 6.43 Å². The second-order valence-electron chi connectivity index (χ2n) is 2.60. The molecule has 0 saturated carbocycles. The molecule has 0 aliphatic carbocycles. The van der Waals surface area contributed by atoms with Crippen molar-refractivity contribution in [1.82, 2.24) is 0 Å². The van der Waals surface area contributed by atoms with Crippen LogP contribution in [0.1, 0.15) is 11.7 Å². The molecule has 2 N–H and O–H groups in total. The van der Waals surface area contributed by atoms with Crippen LogP contribution < -0.4 is 0 Å². The number of hydrogen-bond acceptors (Lipinski definition) is 2. The van der Waals surface area contributed by atoms with Crippen LogP contribution in [0.3, 0.4) is 0 Å². The third-order valence-corrected chi connectivity index (χ3v) is 1.61. The van der Waals surface area contributed by atoms with E-state index in [1.54, 1.807) is 0 Å². The summed E-state index contributed by atoms with van der Waals surface area (Å²) in [6.07, 6.45) is -5.62. The number of benzene rings is 1. The molecule has 1 atom stereocenters. The number of aliphatic hydroxyl groups is 1. The molecule has 14 heavy (non-hydrogen) atoms. The van der Waals surface area contributed by atoms with Gasteiger partial charge in [0.1, 0.15) is 11.9 Å². The molecule has 0 aliphatic heterocycles. The molecule has 0 aliphatic rings. The van der Waals surface area contributed by atoms with E-state index in [-0.39, 0.29) is 0 Å². The summed E-state index contributed by atoms with van der Waals surface area (Å²) in [6.45, 7) is 0. The molecule has 0 heterocycles. The molecule has 1 unspecified atom stereocenters. The van der Waals surface area contributed by atoms with E-state index >= 15 is 0 Å². The zero-order chi connectivity index (χ0) is 10.9. The van der Waals surface area contributed by atoms with Crippen molar-refractivity contribution >= 4 is 0 Å². The van der Waals surface area contributed by atoms with Crippen LogP contribution in [-0.2, 0) is 0 Å². The van der Waals surface area contributed by atoms with Gasteiger partial charge in [0.05, 0.1) is 0 Å². The SMILES string of the molecule is Oc1c(F)cc(F)cc1C(O)C(F)F. The lowest BCUT2D eigenvalue weighted by atomic mass is 10.1. The average molecular weight is 210 g/mol. The van der Waals surface area contributed by atoms with Crippen LogP contribution in [0.4, 0.5) is 17.6 Å². The third-order valence-electron chi connectivity index (χ3n) is 1.61. The maximum absolute atomic E-state index is 12.6. The van der Waals surface area contributed by atoms with Crippen molar-refractivity contribution < 1.29 is 27.8 Å². The Balaban J connectivity index is 3.20. The molecule has 0 aromatic heterocycles. The van der Waals surface area contributed by atoms with Crippen LogP contribution in [0.2, 0.25) is 0 Å². The highest BCUT2D eigenvalue weighted by Gasteiger charge is 2.24. The summed E-state index contributed by atoms with van der Waals surface area (Å²) in [7, 11) is 0. The van der Waals surface area contributed by atoms with Gasteiger partial charge in [-0.1, -0.05) is 0 Å². The summed E-state index contributed by atoms with van der Waals surface area (Å²) in [6, 6.07) is 0.784. The van der Waals surface area contributed by atoms with Gasteiger partial charge in [-0.05, 0) is 6.07 Å². The van der Waals surface area contributed by atoms with Crippen molar-refractivity contribution in [2.75, 3.05) is 0 Å². The van der Waals surface area contributed by atoms with Crippen LogP contribution in [-0.4, -0.2) is 16.6 Å². The fourth-order valence-corrected chi connectivity index (χ4v) is 0.947. The number of rotatable bonds is 2. The van der Waals surface area contributed by atoms with Gasteiger partial charge in [-0.2, -0.15) is 0 Å². The Kier molecular flexibility index (Phi) is 2.95. The molecular weight excluding hydrogens is 204 g/mol. The first-order valence-corrected chi connectivity index (χ1v) is 3.57. The summed E-state index contributed by atoms with van der Waals surface area (Å²) < 4.78 is 49.0. The lowest BCUT2D eigenvalue weighted by molar-refractivity contribution is -0.00739. The minimum atomic E-state index is -3.22. The number of phenols is 1. The summed E-state index contributed by atoms with van der Waals surface area (Å²) in [4.78, 5) is 0. The van der Waals surface area contributed by atoms with Gasteiger partial charge in [-0.15, -0.1) is 0 Å². The molecule has 1 rings (SSSR count). The lowest BCUT2D eigenvalue weighted by Crippen LogP contribution is -2.09. The smallest absolute Gasteiger partial charge is 0.268 e. The Labute approximate surface area is 76.4 Å². The quantitative estimate of drug-likeness (QED) is 0.732. The largest absolute Gasteiger partial charge is 0.505 e. The predicted molar refractivity (Wildman–Crippen MR) is 39.0 cm³/mol. The molecule has 78 valence electrons. The van der Waals surface area contributed by atoms with Crippen molar-refractivity contribution in [1.29, 1.82) is 0 Å². The van der Waals surface area contributed by atoms with Gasteiger partial charge < -0.3 is 10.2 Å². The maximum Gasteiger partial charge on any atom is 0.268 e. The van der Waals surface area contributed by atoms with Crippen molar-refractivity contribution in [3.05, 3.63) is 29.3 Å².